The fourth-order valence-electron chi connectivity index (χ4n) is 1.54. The third kappa shape index (κ3) is 3.89. The van der Waals surface area contributed by atoms with Crippen LogP contribution in [0.2, 0.25) is 0 Å². The van der Waals surface area contributed by atoms with E-state index >= 15 is 0 Å². The van der Waals surface area contributed by atoms with Crippen LogP contribution in [-0.2, 0) is 10.0 Å². The molecule has 0 amide bonds. The van der Waals surface area contributed by atoms with E-state index in [1.807, 2.05) is 0 Å². The van der Waals surface area contributed by atoms with Gasteiger partial charge >= 0.3 is 0 Å². The summed E-state index contributed by atoms with van der Waals surface area (Å²) in [5.41, 5.74) is -0.175. The van der Waals surface area contributed by atoms with E-state index in [9.17, 15) is 12.8 Å². The van der Waals surface area contributed by atoms with Crippen molar-refractivity contribution in [3.05, 3.63) is 48.5 Å². The molecule has 1 aromatic carbocycles. The first-order valence-electron chi connectivity index (χ1n) is 5.99. The molecule has 0 saturated heterocycles. The number of hydrogen-bond acceptors (Lipinski definition) is 5. The summed E-state index contributed by atoms with van der Waals surface area (Å²) < 4.78 is 44.9. The van der Waals surface area contributed by atoms with Crippen molar-refractivity contribution in [1.29, 1.82) is 0 Å². The normalized spacial score (nSPS) is 11.1. The van der Waals surface area contributed by atoms with Crippen LogP contribution in [0.4, 0.5) is 10.1 Å². The van der Waals surface area contributed by atoms with Gasteiger partial charge in [-0.2, -0.15) is 0 Å². The van der Waals surface area contributed by atoms with Gasteiger partial charge in [0.25, 0.3) is 10.0 Å². The zero-order valence-electron chi connectivity index (χ0n) is 10.9. The minimum absolute atomic E-state index is 0.0324. The Kier molecular flexibility index (Phi) is 4.71. The van der Waals surface area contributed by atoms with E-state index in [0.717, 1.165) is 6.20 Å². The number of aliphatic hydroxyl groups excluding tert-OH is 1. The number of halogens is 1. The third-order valence-electron chi connectivity index (χ3n) is 2.51. The molecule has 0 radical (unpaired) electrons. The van der Waals surface area contributed by atoms with Gasteiger partial charge in [0.15, 0.2) is 5.82 Å². The van der Waals surface area contributed by atoms with Gasteiger partial charge in [-0.25, -0.2) is 12.8 Å². The smallest absolute Gasteiger partial charge is 0.261 e. The van der Waals surface area contributed by atoms with Crippen molar-refractivity contribution >= 4 is 15.7 Å². The van der Waals surface area contributed by atoms with Crippen LogP contribution < -0.4 is 9.46 Å². The molecule has 0 fully saturated rings. The zero-order chi connectivity index (χ0) is 15.3. The maximum atomic E-state index is 13.4. The Morgan fingerprint density at radius 2 is 1.95 bits per heavy atom. The molecule has 2 aromatic rings. The van der Waals surface area contributed by atoms with E-state index in [-0.39, 0.29) is 23.8 Å². The summed E-state index contributed by atoms with van der Waals surface area (Å²) in [6.45, 7) is -0.0184. The minimum Gasteiger partial charge on any atom is -0.491 e. The van der Waals surface area contributed by atoms with Gasteiger partial charge in [-0.05, 0) is 30.3 Å². The lowest BCUT2D eigenvalue weighted by molar-refractivity contribution is 0.201. The van der Waals surface area contributed by atoms with Crippen molar-refractivity contribution in [2.24, 2.45) is 0 Å². The molecule has 1 heterocycles. The Labute approximate surface area is 121 Å². The molecule has 6 nitrogen and oxygen atoms in total. The van der Waals surface area contributed by atoms with Gasteiger partial charge in [0, 0.05) is 6.20 Å². The highest BCUT2D eigenvalue weighted by atomic mass is 32.2. The number of rotatable bonds is 6. The number of hydrogen-bond donors (Lipinski definition) is 2. The van der Waals surface area contributed by atoms with Crippen LogP contribution in [0, 0.1) is 5.82 Å². The number of pyridine rings is 1. The number of anilines is 1. The number of aromatic nitrogens is 1. The van der Waals surface area contributed by atoms with Crippen molar-refractivity contribution in [2.45, 2.75) is 4.90 Å². The number of aliphatic hydroxyl groups is 1. The molecule has 8 heteroatoms. The number of sulfonamides is 1. The fourth-order valence-corrected chi connectivity index (χ4v) is 2.61. The van der Waals surface area contributed by atoms with E-state index in [1.54, 1.807) is 0 Å². The van der Waals surface area contributed by atoms with Crippen LogP contribution in [0.1, 0.15) is 0 Å². The monoisotopic (exact) mass is 312 g/mol. The van der Waals surface area contributed by atoms with E-state index < -0.39 is 15.8 Å². The van der Waals surface area contributed by atoms with Gasteiger partial charge in [-0.3, -0.25) is 9.71 Å². The Morgan fingerprint density at radius 3 is 2.57 bits per heavy atom. The van der Waals surface area contributed by atoms with E-state index in [1.165, 1.54) is 36.5 Å². The zero-order valence-corrected chi connectivity index (χ0v) is 11.7. The molecule has 0 aliphatic carbocycles. The minimum atomic E-state index is -3.90. The molecule has 0 spiro atoms. The second-order valence-electron chi connectivity index (χ2n) is 4.00. The Morgan fingerprint density at radius 1 is 1.24 bits per heavy atom. The van der Waals surface area contributed by atoms with Gasteiger partial charge in [-0.1, -0.05) is 0 Å². The molecule has 2 rings (SSSR count). The lowest BCUT2D eigenvalue weighted by Crippen LogP contribution is -2.14. The molecule has 112 valence electrons. The quantitative estimate of drug-likeness (QED) is 0.841. The van der Waals surface area contributed by atoms with Gasteiger partial charge in [0.2, 0.25) is 0 Å². The molecular weight excluding hydrogens is 299 g/mol. The summed E-state index contributed by atoms with van der Waals surface area (Å²) in [6, 6.07) is 6.79. The molecule has 0 saturated carbocycles. The van der Waals surface area contributed by atoms with Crippen LogP contribution in [0.3, 0.4) is 0 Å². The van der Waals surface area contributed by atoms with Gasteiger partial charge in [-0.15, -0.1) is 0 Å². The van der Waals surface area contributed by atoms with Crippen molar-refractivity contribution in [1.82, 2.24) is 4.98 Å². The largest absolute Gasteiger partial charge is 0.491 e. The molecule has 2 N–H and O–H groups in total. The summed E-state index contributed by atoms with van der Waals surface area (Å²) in [5, 5.41) is 8.63. The van der Waals surface area contributed by atoms with Gasteiger partial charge in [0.1, 0.15) is 12.4 Å². The topological polar surface area (TPSA) is 88.5 Å². The van der Waals surface area contributed by atoms with E-state index in [2.05, 4.69) is 9.71 Å². The van der Waals surface area contributed by atoms with E-state index in [4.69, 9.17) is 9.84 Å². The second-order valence-corrected chi connectivity index (χ2v) is 5.69. The summed E-state index contributed by atoms with van der Waals surface area (Å²) in [6.07, 6.45) is 2.20. The highest BCUT2D eigenvalue weighted by molar-refractivity contribution is 7.92. The summed E-state index contributed by atoms with van der Waals surface area (Å²) in [7, 11) is -3.90. The van der Waals surface area contributed by atoms with Crippen LogP contribution in [0.25, 0.3) is 0 Å². The maximum Gasteiger partial charge on any atom is 0.261 e. The first kappa shape index (κ1) is 15.2. The van der Waals surface area contributed by atoms with Crippen molar-refractivity contribution in [3.8, 4) is 5.75 Å². The number of ether oxygens (including phenoxy) is 1. The Hall–Kier alpha value is -2.19. The number of nitrogens with zero attached hydrogens (tertiary/aromatic N) is 1. The molecule has 0 atom stereocenters. The first-order valence-corrected chi connectivity index (χ1v) is 7.47. The molecular formula is C13H13FN2O4S. The molecule has 0 bridgehead atoms. The van der Waals surface area contributed by atoms with Crippen LogP contribution in [0.15, 0.2) is 47.6 Å². The fraction of sp³-hybridized carbons (Fsp3) is 0.154. The average Bonchev–Trinajstić information content (AvgIpc) is 2.48. The molecule has 0 aliphatic rings. The van der Waals surface area contributed by atoms with E-state index in [0.29, 0.717) is 5.75 Å². The predicted molar refractivity (Wildman–Crippen MR) is 74.0 cm³/mol. The second kappa shape index (κ2) is 6.51. The molecule has 21 heavy (non-hydrogen) atoms. The van der Waals surface area contributed by atoms with Gasteiger partial charge < -0.3 is 9.84 Å². The SMILES string of the molecule is O=S(=O)(Nc1ccncc1F)c1ccc(OCCO)cc1. The van der Waals surface area contributed by atoms with Crippen molar-refractivity contribution in [3.63, 3.8) is 0 Å². The van der Waals surface area contributed by atoms with Gasteiger partial charge in [0.05, 0.1) is 23.4 Å². The van der Waals surface area contributed by atoms with Crippen LogP contribution in [-0.4, -0.2) is 31.7 Å². The van der Waals surface area contributed by atoms with Crippen LogP contribution >= 0.6 is 0 Å². The van der Waals surface area contributed by atoms with Crippen molar-refractivity contribution < 1.29 is 22.7 Å². The third-order valence-corrected chi connectivity index (χ3v) is 3.89. The predicted octanol–water partition coefficient (Wildman–Crippen LogP) is 1.39. The lowest BCUT2D eigenvalue weighted by atomic mass is 10.3. The standard InChI is InChI=1S/C13H13FN2O4S/c14-12-9-15-6-5-13(12)16-21(18,19)11-3-1-10(2-4-11)20-8-7-17/h1-6,9,17H,7-8H2,(H,15,16). The maximum absolute atomic E-state index is 13.4. The molecule has 0 aliphatic heterocycles. The highest BCUT2D eigenvalue weighted by Gasteiger charge is 2.16. The molecule has 1 aromatic heterocycles. The summed E-state index contributed by atoms with van der Waals surface area (Å²) in [5.74, 6) is -0.331. The summed E-state index contributed by atoms with van der Waals surface area (Å²) >= 11 is 0. The Balaban J connectivity index is 2.18. The average molecular weight is 312 g/mol. The first-order chi connectivity index (χ1) is 10.0. The molecule has 0 unspecified atom stereocenters. The Bertz CT molecular complexity index is 704. The lowest BCUT2D eigenvalue weighted by Gasteiger charge is -2.09. The summed E-state index contributed by atoms with van der Waals surface area (Å²) in [4.78, 5) is 3.51. The van der Waals surface area contributed by atoms with Crippen LogP contribution in [0.5, 0.6) is 5.75 Å². The number of benzene rings is 1. The van der Waals surface area contributed by atoms with Crippen molar-refractivity contribution in [2.75, 3.05) is 17.9 Å². The highest BCUT2D eigenvalue weighted by Crippen LogP contribution is 2.20. The number of nitrogens with one attached hydrogen (secondary N) is 1.